The predicted molar refractivity (Wildman–Crippen MR) is 55.1 cm³/mol. The summed E-state index contributed by atoms with van der Waals surface area (Å²) in [6.07, 6.45) is 0.298. The van der Waals surface area contributed by atoms with Crippen LogP contribution in [-0.4, -0.2) is 31.3 Å². The van der Waals surface area contributed by atoms with Gasteiger partial charge in [-0.1, -0.05) is 18.2 Å². The Hall–Kier alpha value is -1.42. The van der Waals surface area contributed by atoms with Crippen molar-refractivity contribution in [3.63, 3.8) is 0 Å². The molecule has 0 fully saturated rings. The lowest BCUT2D eigenvalue weighted by molar-refractivity contribution is -0.107. The summed E-state index contributed by atoms with van der Waals surface area (Å²) in [6, 6.07) is 8.81. The lowest BCUT2D eigenvalue weighted by Crippen LogP contribution is -2.27. The number of nitrogens with zero attached hydrogens (tertiary/aromatic N) is 1. The molecular weight excluding hydrogens is 197 g/mol. The van der Waals surface area contributed by atoms with Crippen LogP contribution in [0.3, 0.4) is 0 Å². The van der Waals surface area contributed by atoms with E-state index in [1.165, 1.54) is 7.05 Å². The number of halogens is 1. The number of rotatable bonds is 5. The van der Waals surface area contributed by atoms with Crippen molar-refractivity contribution in [3.05, 3.63) is 35.9 Å². The van der Waals surface area contributed by atoms with Crippen molar-refractivity contribution >= 4 is 5.91 Å². The molecule has 0 bridgehead atoms. The molecule has 1 aromatic rings. The molecule has 1 rings (SSSR count). The first kappa shape index (κ1) is 11.7. The molecule has 1 amide bonds. The number of carbonyl (C=O) groups is 1. The SMILES string of the molecule is CN(OCCCF)C(=O)c1ccccc1. The molecule has 0 unspecified atom stereocenters. The summed E-state index contributed by atoms with van der Waals surface area (Å²) in [5.74, 6) is -0.227. The van der Waals surface area contributed by atoms with E-state index in [1.807, 2.05) is 6.07 Å². The van der Waals surface area contributed by atoms with E-state index in [9.17, 15) is 9.18 Å². The number of hydrogen-bond acceptors (Lipinski definition) is 2. The fourth-order valence-corrected chi connectivity index (χ4v) is 1.08. The van der Waals surface area contributed by atoms with E-state index in [-0.39, 0.29) is 12.5 Å². The molecule has 0 saturated heterocycles. The van der Waals surface area contributed by atoms with Crippen LogP contribution in [0.1, 0.15) is 16.8 Å². The summed E-state index contributed by atoms with van der Waals surface area (Å²) in [5.41, 5.74) is 0.556. The molecule has 15 heavy (non-hydrogen) atoms. The highest BCUT2D eigenvalue weighted by molar-refractivity contribution is 5.93. The monoisotopic (exact) mass is 211 g/mol. The highest BCUT2D eigenvalue weighted by Gasteiger charge is 2.10. The van der Waals surface area contributed by atoms with Gasteiger partial charge in [0, 0.05) is 19.0 Å². The predicted octanol–water partition coefficient (Wildman–Crippen LogP) is 2.05. The number of benzene rings is 1. The lowest BCUT2D eigenvalue weighted by atomic mass is 10.2. The van der Waals surface area contributed by atoms with Gasteiger partial charge in [-0.3, -0.25) is 14.0 Å². The van der Waals surface area contributed by atoms with E-state index in [2.05, 4.69) is 0 Å². The lowest BCUT2D eigenvalue weighted by Gasteiger charge is -2.16. The van der Waals surface area contributed by atoms with Crippen molar-refractivity contribution in [2.45, 2.75) is 6.42 Å². The fourth-order valence-electron chi connectivity index (χ4n) is 1.08. The zero-order valence-electron chi connectivity index (χ0n) is 8.65. The Balaban J connectivity index is 2.46. The Bertz CT molecular complexity index is 303. The molecular formula is C11H14FNO2. The van der Waals surface area contributed by atoms with Crippen molar-refractivity contribution in [2.75, 3.05) is 20.3 Å². The van der Waals surface area contributed by atoms with Crippen LogP contribution in [0.5, 0.6) is 0 Å². The summed E-state index contributed by atoms with van der Waals surface area (Å²) >= 11 is 0. The zero-order chi connectivity index (χ0) is 11.1. The highest BCUT2D eigenvalue weighted by Crippen LogP contribution is 2.03. The molecule has 0 saturated carbocycles. The van der Waals surface area contributed by atoms with Crippen LogP contribution in [-0.2, 0) is 4.84 Å². The topological polar surface area (TPSA) is 29.5 Å². The molecule has 0 N–H and O–H groups in total. The Morgan fingerprint density at radius 3 is 2.67 bits per heavy atom. The third-order valence-electron chi connectivity index (χ3n) is 1.87. The minimum absolute atomic E-state index is 0.214. The molecule has 3 nitrogen and oxygen atoms in total. The van der Waals surface area contributed by atoms with Crippen molar-refractivity contribution in [1.82, 2.24) is 5.06 Å². The molecule has 4 heteroatoms. The summed E-state index contributed by atoms with van der Waals surface area (Å²) in [4.78, 5) is 16.7. The molecule has 0 aliphatic rings. The first-order chi connectivity index (χ1) is 7.25. The van der Waals surface area contributed by atoms with Gasteiger partial charge in [-0.15, -0.1) is 0 Å². The maximum atomic E-state index is 11.8. The second-order valence-electron chi connectivity index (χ2n) is 3.04. The molecule has 0 aliphatic heterocycles. The van der Waals surface area contributed by atoms with Gasteiger partial charge in [0.1, 0.15) is 0 Å². The van der Waals surface area contributed by atoms with Gasteiger partial charge in [0.2, 0.25) is 0 Å². The first-order valence-corrected chi connectivity index (χ1v) is 4.77. The summed E-state index contributed by atoms with van der Waals surface area (Å²) in [5, 5.41) is 1.13. The van der Waals surface area contributed by atoms with E-state index >= 15 is 0 Å². The highest BCUT2D eigenvalue weighted by atomic mass is 19.1. The Morgan fingerprint density at radius 1 is 1.40 bits per heavy atom. The van der Waals surface area contributed by atoms with Crippen LogP contribution in [0.15, 0.2) is 30.3 Å². The second kappa shape index (κ2) is 6.14. The van der Waals surface area contributed by atoms with Crippen molar-refractivity contribution in [3.8, 4) is 0 Å². The third kappa shape index (κ3) is 3.67. The minimum Gasteiger partial charge on any atom is -0.271 e. The van der Waals surface area contributed by atoms with Crippen LogP contribution in [0.2, 0.25) is 0 Å². The third-order valence-corrected chi connectivity index (χ3v) is 1.87. The van der Waals surface area contributed by atoms with E-state index in [4.69, 9.17) is 4.84 Å². The van der Waals surface area contributed by atoms with Gasteiger partial charge in [-0.25, -0.2) is 5.06 Å². The van der Waals surface area contributed by atoms with Crippen LogP contribution < -0.4 is 0 Å². The standard InChI is InChI=1S/C11H14FNO2/c1-13(15-9-5-8-12)11(14)10-6-3-2-4-7-10/h2-4,6-7H,5,8-9H2,1H3. The van der Waals surface area contributed by atoms with Crippen molar-refractivity contribution < 1.29 is 14.0 Å². The van der Waals surface area contributed by atoms with Gasteiger partial charge < -0.3 is 0 Å². The second-order valence-corrected chi connectivity index (χ2v) is 3.04. The van der Waals surface area contributed by atoms with Crippen molar-refractivity contribution in [1.29, 1.82) is 0 Å². The number of amides is 1. The van der Waals surface area contributed by atoms with E-state index in [1.54, 1.807) is 24.3 Å². The average Bonchev–Trinajstić information content (AvgIpc) is 2.29. The fraction of sp³-hybridized carbons (Fsp3) is 0.364. The maximum absolute atomic E-state index is 11.8. The van der Waals surface area contributed by atoms with E-state index in [0.717, 1.165) is 5.06 Å². The van der Waals surface area contributed by atoms with Gasteiger partial charge in [0.25, 0.3) is 5.91 Å². The Kier molecular flexibility index (Phi) is 4.77. The maximum Gasteiger partial charge on any atom is 0.277 e. The van der Waals surface area contributed by atoms with Crippen LogP contribution in [0.4, 0.5) is 4.39 Å². The Labute approximate surface area is 88.4 Å². The molecule has 0 radical (unpaired) electrons. The molecule has 82 valence electrons. The summed E-state index contributed by atoms with van der Waals surface area (Å²) in [7, 11) is 1.52. The summed E-state index contributed by atoms with van der Waals surface area (Å²) in [6.45, 7) is -0.223. The minimum atomic E-state index is -0.437. The van der Waals surface area contributed by atoms with Gasteiger partial charge in [0.05, 0.1) is 13.3 Å². The molecule has 0 aliphatic carbocycles. The van der Waals surface area contributed by atoms with Gasteiger partial charge in [-0.2, -0.15) is 0 Å². The number of alkyl halides is 1. The number of hydrogen-bond donors (Lipinski definition) is 0. The van der Waals surface area contributed by atoms with Gasteiger partial charge in [0.15, 0.2) is 0 Å². The molecule has 0 atom stereocenters. The smallest absolute Gasteiger partial charge is 0.271 e. The average molecular weight is 211 g/mol. The van der Waals surface area contributed by atoms with E-state index < -0.39 is 6.67 Å². The quantitative estimate of drug-likeness (QED) is 0.551. The first-order valence-electron chi connectivity index (χ1n) is 4.77. The molecule has 0 heterocycles. The molecule has 0 spiro atoms. The van der Waals surface area contributed by atoms with Crippen LogP contribution in [0.25, 0.3) is 0 Å². The van der Waals surface area contributed by atoms with Crippen LogP contribution >= 0.6 is 0 Å². The largest absolute Gasteiger partial charge is 0.277 e. The van der Waals surface area contributed by atoms with E-state index in [0.29, 0.717) is 12.0 Å². The molecule has 1 aromatic carbocycles. The van der Waals surface area contributed by atoms with Crippen molar-refractivity contribution in [2.24, 2.45) is 0 Å². The number of carbonyl (C=O) groups excluding carboxylic acids is 1. The zero-order valence-corrected chi connectivity index (χ0v) is 8.65. The van der Waals surface area contributed by atoms with Crippen LogP contribution in [0, 0.1) is 0 Å². The normalized spacial score (nSPS) is 10.0. The molecule has 0 aromatic heterocycles. The van der Waals surface area contributed by atoms with Gasteiger partial charge >= 0.3 is 0 Å². The van der Waals surface area contributed by atoms with Gasteiger partial charge in [-0.05, 0) is 12.1 Å². The Morgan fingerprint density at radius 2 is 2.07 bits per heavy atom. The number of hydroxylamine groups is 2. The summed E-state index contributed by atoms with van der Waals surface area (Å²) < 4.78 is 11.8.